The molecule has 100 valence electrons. The first kappa shape index (κ1) is 14.7. The minimum Gasteiger partial charge on any atom is -0.488 e. The molecule has 0 aliphatic rings. The number of halogens is 1. The van der Waals surface area contributed by atoms with E-state index in [4.69, 9.17) is 9.47 Å². The van der Waals surface area contributed by atoms with E-state index in [1.165, 1.54) is 13.0 Å². The van der Waals surface area contributed by atoms with Gasteiger partial charge in [-0.1, -0.05) is 0 Å². The summed E-state index contributed by atoms with van der Waals surface area (Å²) >= 11 is 3.96. The Bertz CT molecular complexity index is 428. The van der Waals surface area contributed by atoms with Gasteiger partial charge in [0.2, 0.25) is 0 Å². The number of benzene rings is 1. The fourth-order valence-corrected chi connectivity index (χ4v) is 1.46. The second-order valence-corrected chi connectivity index (χ2v) is 3.96. The van der Waals surface area contributed by atoms with Crippen molar-refractivity contribution in [2.75, 3.05) is 25.6 Å². The predicted molar refractivity (Wildman–Crippen MR) is 68.0 cm³/mol. The summed E-state index contributed by atoms with van der Waals surface area (Å²) in [7, 11) is 0. The van der Waals surface area contributed by atoms with Gasteiger partial charge in [-0.3, -0.25) is 10.1 Å². The predicted octanol–water partition coefficient (Wildman–Crippen LogP) is 2.37. The molecule has 0 heterocycles. The summed E-state index contributed by atoms with van der Waals surface area (Å²) in [5, 5.41) is 10.6. The van der Waals surface area contributed by atoms with E-state index in [-0.39, 0.29) is 18.0 Å². The third-order valence-corrected chi connectivity index (χ3v) is 2.35. The molecule has 0 saturated heterocycles. The highest BCUT2D eigenvalue weighted by atomic mass is 32.1. The fraction of sp³-hybridized carbons (Fsp3) is 0.455. The van der Waals surface area contributed by atoms with Gasteiger partial charge in [0.25, 0.3) is 5.69 Å². The topological polar surface area (TPSA) is 61.6 Å². The van der Waals surface area contributed by atoms with E-state index in [0.29, 0.717) is 24.5 Å². The third kappa shape index (κ3) is 4.15. The van der Waals surface area contributed by atoms with Crippen molar-refractivity contribution in [3.63, 3.8) is 0 Å². The van der Waals surface area contributed by atoms with E-state index >= 15 is 0 Å². The number of aryl methyl sites for hydroxylation is 1. The molecule has 1 aromatic carbocycles. The standard InChI is InChI=1S/C11H14FNO4S/c1-8-6-11(17-3-2-16-4-5-18)9(12)7-10(8)13(14)15/h6-7,18H,2-5H2,1H3. The van der Waals surface area contributed by atoms with Crippen LogP contribution in [-0.2, 0) is 4.74 Å². The molecule has 0 aromatic heterocycles. The monoisotopic (exact) mass is 275 g/mol. The summed E-state index contributed by atoms with van der Waals surface area (Å²) in [6.45, 7) is 2.52. The molecule has 7 heteroatoms. The largest absolute Gasteiger partial charge is 0.488 e. The molecule has 0 amide bonds. The summed E-state index contributed by atoms with van der Waals surface area (Å²) in [6, 6.07) is 2.17. The number of ether oxygens (including phenoxy) is 2. The zero-order chi connectivity index (χ0) is 13.5. The molecule has 18 heavy (non-hydrogen) atoms. The van der Waals surface area contributed by atoms with Crippen LogP contribution in [0.25, 0.3) is 0 Å². The summed E-state index contributed by atoms with van der Waals surface area (Å²) in [4.78, 5) is 9.96. The second-order valence-electron chi connectivity index (χ2n) is 3.51. The number of hydrogen-bond donors (Lipinski definition) is 1. The van der Waals surface area contributed by atoms with Gasteiger partial charge in [-0.05, 0) is 13.0 Å². The van der Waals surface area contributed by atoms with Crippen LogP contribution in [-0.4, -0.2) is 30.5 Å². The molecule has 0 radical (unpaired) electrons. The Balaban J connectivity index is 2.62. The van der Waals surface area contributed by atoms with Gasteiger partial charge in [0, 0.05) is 11.3 Å². The van der Waals surface area contributed by atoms with Gasteiger partial charge >= 0.3 is 0 Å². The highest BCUT2D eigenvalue weighted by molar-refractivity contribution is 7.80. The molecule has 0 atom stereocenters. The van der Waals surface area contributed by atoms with Gasteiger partial charge in [-0.2, -0.15) is 12.6 Å². The Labute approximate surface area is 109 Å². The van der Waals surface area contributed by atoms with E-state index in [2.05, 4.69) is 12.6 Å². The van der Waals surface area contributed by atoms with Crippen molar-refractivity contribution in [2.24, 2.45) is 0 Å². The van der Waals surface area contributed by atoms with E-state index in [0.717, 1.165) is 6.07 Å². The highest BCUT2D eigenvalue weighted by Crippen LogP contribution is 2.26. The number of nitrogens with zero attached hydrogens (tertiary/aromatic N) is 1. The zero-order valence-corrected chi connectivity index (χ0v) is 10.8. The Morgan fingerprint density at radius 2 is 2.11 bits per heavy atom. The lowest BCUT2D eigenvalue weighted by Crippen LogP contribution is -2.09. The highest BCUT2D eigenvalue weighted by Gasteiger charge is 2.16. The van der Waals surface area contributed by atoms with Crippen LogP contribution in [0.1, 0.15) is 5.56 Å². The molecule has 1 rings (SSSR count). The zero-order valence-electron chi connectivity index (χ0n) is 9.89. The first-order chi connectivity index (χ1) is 8.56. The quantitative estimate of drug-likeness (QED) is 0.359. The smallest absolute Gasteiger partial charge is 0.275 e. The summed E-state index contributed by atoms with van der Waals surface area (Å²) in [6.07, 6.45) is 0. The second kappa shape index (κ2) is 7.17. The lowest BCUT2D eigenvalue weighted by Gasteiger charge is -2.08. The average molecular weight is 275 g/mol. The van der Waals surface area contributed by atoms with Crippen LogP contribution >= 0.6 is 12.6 Å². The minimum atomic E-state index is -0.749. The normalized spacial score (nSPS) is 10.4. The van der Waals surface area contributed by atoms with Gasteiger partial charge in [0.05, 0.1) is 24.2 Å². The van der Waals surface area contributed by atoms with E-state index in [9.17, 15) is 14.5 Å². The van der Waals surface area contributed by atoms with Crippen LogP contribution in [0.2, 0.25) is 0 Å². The third-order valence-electron chi connectivity index (χ3n) is 2.17. The van der Waals surface area contributed by atoms with E-state index in [1.807, 2.05) is 0 Å². The van der Waals surface area contributed by atoms with Gasteiger partial charge in [-0.15, -0.1) is 0 Å². The SMILES string of the molecule is Cc1cc(OCCOCCS)c(F)cc1[N+](=O)[O-]. The summed E-state index contributed by atoms with van der Waals surface area (Å²) in [5.74, 6) is -0.153. The van der Waals surface area contributed by atoms with E-state index in [1.54, 1.807) is 0 Å². The van der Waals surface area contributed by atoms with Crippen LogP contribution in [0, 0.1) is 22.9 Å². The van der Waals surface area contributed by atoms with Crippen molar-refractivity contribution in [1.82, 2.24) is 0 Å². The maximum absolute atomic E-state index is 13.5. The molecule has 0 N–H and O–H groups in total. The molecular weight excluding hydrogens is 261 g/mol. The first-order valence-electron chi connectivity index (χ1n) is 5.32. The Kier molecular flexibility index (Phi) is 5.87. The number of rotatable bonds is 7. The average Bonchev–Trinajstić information content (AvgIpc) is 2.32. The van der Waals surface area contributed by atoms with Crippen LogP contribution in [0.4, 0.5) is 10.1 Å². The fourth-order valence-electron chi connectivity index (χ4n) is 1.33. The maximum Gasteiger partial charge on any atom is 0.275 e. The van der Waals surface area contributed by atoms with Gasteiger partial charge in [-0.25, -0.2) is 4.39 Å². The van der Waals surface area contributed by atoms with Crippen LogP contribution in [0.3, 0.4) is 0 Å². The van der Waals surface area contributed by atoms with Crippen molar-refractivity contribution in [3.8, 4) is 5.75 Å². The number of thiol groups is 1. The molecule has 5 nitrogen and oxygen atoms in total. The van der Waals surface area contributed by atoms with Gasteiger partial charge < -0.3 is 9.47 Å². The van der Waals surface area contributed by atoms with Crippen LogP contribution in [0.15, 0.2) is 12.1 Å². The molecule has 0 fully saturated rings. The van der Waals surface area contributed by atoms with Crippen LogP contribution < -0.4 is 4.74 Å². The molecule has 0 bridgehead atoms. The summed E-state index contributed by atoms with van der Waals surface area (Å²) in [5.41, 5.74) is 0.0962. The van der Waals surface area contributed by atoms with Gasteiger partial charge in [0.15, 0.2) is 11.6 Å². The maximum atomic E-state index is 13.5. The van der Waals surface area contributed by atoms with Crippen molar-refractivity contribution in [1.29, 1.82) is 0 Å². The van der Waals surface area contributed by atoms with E-state index < -0.39 is 10.7 Å². The molecule has 0 spiro atoms. The molecule has 0 saturated carbocycles. The van der Waals surface area contributed by atoms with Gasteiger partial charge in [0.1, 0.15) is 6.61 Å². The molecular formula is C11H14FNO4S. The molecule has 1 aromatic rings. The van der Waals surface area contributed by atoms with Crippen LogP contribution in [0.5, 0.6) is 5.75 Å². The molecule has 0 aliphatic carbocycles. The lowest BCUT2D eigenvalue weighted by atomic mass is 10.2. The van der Waals surface area contributed by atoms with Crippen molar-refractivity contribution < 1.29 is 18.8 Å². The lowest BCUT2D eigenvalue weighted by molar-refractivity contribution is -0.385. The Morgan fingerprint density at radius 1 is 1.39 bits per heavy atom. The van der Waals surface area contributed by atoms with Crippen molar-refractivity contribution in [2.45, 2.75) is 6.92 Å². The number of nitro benzene ring substituents is 1. The Hall–Kier alpha value is -1.34. The molecule has 0 aliphatic heterocycles. The van der Waals surface area contributed by atoms with Crippen molar-refractivity contribution in [3.05, 3.63) is 33.6 Å². The minimum absolute atomic E-state index is 0.00688. The molecule has 0 unspecified atom stereocenters. The number of hydrogen-bond acceptors (Lipinski definition) is 5. The Morgan fingerprint density at radius 3 is 2.72 bits per heavy atom. The number of nitro groups is 1. The summed E-state index contributed by atoms with van der Waals surface area (Å²) < 4.78 is 23.7. The van der Waals surface area contributed by atoms with Crippen molar-refractivity contribution >= 4 is 18.3 Å². The first-order valence-corrected chi connectivity index (χ1v) is 5.95.